The lowest BCUT2D eigenvalue weighted by Crippen LogP contribution is -2.05. The van der Waals surface area contributed by atoms with E-state index in [9.17, 15) is 4.79 Å². The molecule has 2 rings (SSSR count). The Morgan fingerprint density at radius 3 is 2.37 bits per heavy atom. The number of aromatic nitrogens is 2. The average Bonchev–Trinajstić information content (AvgIpc) is 2.80. The maximum absolute atomic E-state index is 10.9. The molecule has 0 aliphatic carbocycles. The van der Waals surface area contributed by atoms with E-state index >= 15 is 0 Å². The lowest BCUT2D eigenvalue weighted by molar-refractivity contribution is -0.114. The van der Waals surface area contributed by atoms with Gasteiger partial charge in [-0.15, -0.1) is 0 Å². The SMILES string of the molecule is CC(=O)Nc1ccc(Nc2nc(C(C)C)ns2)cc1. The van der Waals surface area contributed by atoms with E-state index in [2.05, 4.69) is 33.8 Å². The Balaban J connectivity index is 2.04. The molecule has 0 atom stereocenters. The summed E-state index contributed by atoms with van der Waals surface area (Å²) in [6.45, 7) is 5.61. The zero-order valence-corrected chi connectivity index (χ0v) is 11.9. The first kappa shape index (κ1) is 13.5. The van der Waals surface area contributed by atoms with Gasteiger partial charge in [0.05, 0.1) is 0 Å². The summed E-state index contributed by atoms with van der Waals surface area (Å²) in [7, 11) is 0. The summed E-state index contributed by atoms with van der Waals surface area (Å²) >= 11 is 1.35. The Kier molecular flexibility index (Phi) is 4.11. The number of amides is 1. The second kappa shape index (κ2) is 5.79. The van der Waals surface area contributed by atoms with Crippen molar-refractivity contribution in [2.24, 2.45) is 0 Å². The van der Waals surface area contributed by atoms with Crippen LogP contribution in [-0.4, -0.2) is 15.3 Å². The van der Waals surface area contributed by atoms with E-state index in [-0.39, 0.29) is 5.91 Å². The first-order valence-electron chi connectivity index (χ1n) is 6.03. The number of carbonyl (C=O) groups is 1. The summed E-state index contributed by atoms with van der Waals surface area (Å²) in [4.78, 5) is 15.3. The van der Waals surface area contributed by atoms with E-state index < -0.39 is 0 Å². The minimum Gasteiger partial charge on any atom is -0.330 e. The quantitative estimate of drug-likeness (QED) is 0.898. The number of anilines is 3. The van der Waals surface area contributed by atoms with Crippen LogP contribution in [0, 0.1) is 0 Å². The zero-order chi connectivity index (χ0) is 13.8. The minimum absolute atomic E-state index is 0.0774. The Morgan fingerprint density at radius 1 is 1.21 bits per heavy atom. The van der Waals surface area contributed by atoms with E-state index in [1.807, 2.05) is 24.3 Å². The molecule has 1 aromatic carbocycles. The molecule has 0 saturated heterocycles. The molecule has 6 heteroatoms. The van der Waals surface area contributed by atoms with Gasteiger partial charge in [-0.1, -0.05) is 13.8 Å². The molecule has 5 nitrogen and oxygen atoms in total. The average molecular weight is 276 g/mol. The van der Waals surface area contributed by atoms with E-state index in [4.69, 9.17) is 0 Å². The van der Waals surface area contributed by atoms with Crippen LogP contribution < -0.4 is 10.6 Å². The summed E-state index contributed by atoms with van der Waals surface area (Å²) in [6.07, 6.45) is 0. The molecule has 0 aliphatic heterocycles. The number of benzene rings is 1. The Hall–Kier alpha value is -1.95. The van der Waals surface area contributed by atoms with Crippen LogP contribution in [0.2, 0.25) is 0 Å². The summed E-state index contributed by atoms with van der Waals surface area (Å²) < 4.78 is 4.28. The molecule has 0 radical (unpaired) electrons. The number of nitrogens with one attached hydrogen (secondary N) is 2. The van der Waals surface area contributed by atoms with Crippen LogP contribution in [0.25, 0.3) is 0 Å². The fourth-order valence-electron chi connectivity index (χ4n) is 1.48. The summed E-state index contributed by atoms with van der Waals surface area (Å²) in [5.41, 5.74) is 1.69. The summed E-state index contributed by atoms with van der Waals surface area (Å²) in [6, 6.07) is 7.46. The van der Waals surface area contributed by atoms with Crippen LogP contribution in [0.1, 0.15) is 32.5 Å². The molecule has 0 spiro atoms. The predicted molar refractivity (Wildman–Crippen MR) is 78.0 cm³/mol. The summed E-state index contributed by atoms with van der Waals surface area (Å²) in [5, 5.41) is 6.69. The van der Waals surface area contributed by atoms with E-state index in [0.717, 1.165) is 22.3 Å². The van der Waals surface area contributed by atoms with Gasteiger partial charge in [0.15, 0.2) is 0 Å². The maximum atomic E-state index is 10.9. The molecule has 1 aromatic heterocycles. The fourth-order valence-corrected chi connectivity index (χ4v) is 2.21. The monoisotopic (exact) mass is 276 g/mol. The van der Waals surface area contributed by atoms with Gasteiger partial charge in [-0.25, -0.2) is 4.98 Å². The highest BCUT2D eigenvalue weighted by Crippen LogP contribution is 2.22. The van der Waals surface area contributed by atoms with E-state index in [1.54, 1.807) is 0 Å². The highest BCUT2D eigenvalue weighted by molar-refractivity contribution is 7.09. The maximum Gasteiger partial charge on any atom is 0.221 e. The first-order valence-corrected chi connectivity index (χ1v) is 6.80. The normalized spacial score (nSPS) is 10.5. The molecule has 0 unspecified atom stereocenters. The zero-order valence-electron chi connectivity index (χ0n) is 11.1. The molecule has 19 heavy (non-hydrogen) atoms. The third-order valence-corrected chi connectivity index (χ3v) is 3.06. The topological polar surface area (TPSA) is 66.9 Å². The lowest BCUT2D eigenvalue weighted by atomic mass is 10.2. The van der Waals surface area contributed by atoms with Crippen molar-refractivity contribution in [3.05, 3.63) is 30.1 Å². The smallest absolute Gasteiger partial charge is 0.221 e. The van der Waals surface area contributed by atoms with Crippen molar-refractivity contribution in [1.29, 1.82) is 0 Å². The van der Waals surface area contributed by atoms with Crippen LogP contribution in [0.15, 0.2) is 24.3 Å². The molecule has 0 fully saturated rings. The van der Waals surface area contributed by atoms with Crippen molar-refractivity contribution < 1.29 is 4.79 Å². The Morgan fingerprint density at radius 2 is 1.84 bits per heavy atom. The number of hydrogen-bond donors (Lipinski definition) is 2. The van der Waals surface area contributed by atoms with Gasteiger partial charge < -0.3 is 10.6 Å². The molecule has 0 saturated carbocycles. The molecule has 1 heterocycles. The second-order valence-corrected chi connectivity index (χ2v) is 5.25. The van der Waals surface area contributed by atoms with Gasteiger partial charge in [-0.3, -0.25) is 4.79 Å². The molecule has 0 aliphatic rings. The standard InChI is InChI=1S/C13H16N4OS/c1-8(2)12-16-13(19-17-12)15-11-6-4-10(5-7-11)14-9(3)18/h4-8H,1-3H3,(H,14,18)(H,15,16,17). The first-order chi connectivity index (χ1) is 9.04. The third kappa shape index (κ3) is 3.75. The van der Waals surface area contributed by atoms with Gasteiger partial charge in [0.25, 0.3) is 0 Å². The van der Waals surface area contributed by atoms with Gasteiger partial charge >= 0.3 is 0 Å². The van der Waals surface area contributed by atoms with Crippen molar-refractivity contribution in [3.63, 3.8) is 0 Å². The molecular weight excluding hydrogens is 260 g/mol. The molecular formula is C13H16N4OS. The molecule has 2 N–H and O–H groups in total. The number of rotatable bonds is 4. The number of carbonyl (C=O) groups excluding carboxylic acids is 1. The Labute approximate surface area is 116 Å². The van der Waals surface area contributed by atoms with Gasteiger partial charge in [-0.2, -0.15) is 4.37 Å². The van der Waals surface area contributed by atoms with Crippen molar-refractivity contribution in [1.82, 2.24) is 9.36 Å². The van der Waals surface area contributed by atoms with Crippen LogP contribution in [0.3, 0.4) is 0 Å². The van der Waals surface area contributed by atoms with Crippen LogP contribution in [-0.2, 0) is 4.79 Å². The van der Waals surface area contributed by atoms with E-state index in [1.165, 1.54) is 18.5 Å². The Bertz CT molecular complexity index is 562. The fraction of sp³-hybridized carbons (Fsp3) is 0.308. The van der Waals surface area contributed by atoms with Gasteiger partial charge in [0.1, 0.15) is 5.82 Å². The highest BCUT2D eigenvalue weighted by atomic mass is 32.1. The van der Waals surface area contributed by atoms with Gasteiger partial charge in [0.2, 0.25) is 11.0 Å². The third-order valence-electron chi connectivity index (χ3n) is 2.41. The van der Waals surface area contributed by atoms with Crippen molar-refractivity contribution in [2.45, 2.75) is 26.7 Å². The second-order valence-electron chi connectivity index (χ2n) is 4.50. The largest absolute Gasteiger partial charge is 0.330 e. The molecule has 100 valence electrons. The van der Waals surface area contributed by atoms with Gasteiger partial charge in [0, 0.05) is 35.7 Å². The van der Waals surface area contributed by atoms with Crippen LogP contribution >= 0.6 is 11.5 Å². The van der Waals surface area contributed by atoms with E-state index in [0.29, 0.717) is 5.92 Å². The highest BCUT2D eigenvalue weighted by Gasteiger charge is 2.07. The summed E-state index contributed by atoms with van der Waals surface area (Å²) in [5.74, 6) is 1.10. The van der Waals surface area contributed by atoms with Crippen molar-refractivity contribution >= 4 is 33.9 Å². The number of hydrogen-bond acceptors (Lipinski definition) is 5. The van der Waals surface area contributed by atoms with Crippen molar-refractivity contribution in [2.75, 3.05) is 10.6 Å². The van der Waals surface area contributed by atoms with Crippen LogP contribution in [0.4, 0.5) is 16.5 Å². The van der Waals surface area contributed by atoms with Crippen LogP contribution in [0.5, 0.6) is 0 Å². The molecule has 2 aromatic rings. The minimum atomic E-state index is -0.0774. The number of nitrogens with zero attached hydrogens (tertiary/aromatic N) is 2. The molecule has 0 bridgehead atoms. The lowest BCUT2D eigenvalue weighted by Gasteiger charge is -2.05. The molecule has 1 amide bonds. The van der Waals surface area contributed by atoms with Crippen molar-refractivity contribution in [3.8, 4) is 0 Å². The predicted octanol–water partition coefficient (Wildman–Crippen LogP) is 3.36. The van der Waals surface area contributed by atoms with Gasteiger partial charge in [-0.05, 0) is 24.3 Å².